The predicted octanol–water partition coefficient (Wildman–Crippen LogP) is 4.09. The number of rotatable bonds is 5. The molecular formula is C19H29IN4S. The Hall–Kier alpha value is -0.890. The van der Waals surface area contributed by atoms with Crippen LogP contribution in [0.2, 0.25) is 0 Å². The molecular weight excluding hydrogens is 443 g/mol. The molecule has 1 aliphatic heterocycles. The first-order valence-electron chi connectivity index (χ1n) is 8.75. The average molecular weight is 472 g/mol. The lowest BCUT2D eigenvalue weighted by atomic mass is 10.1. The van der Waals surface area contributed by atoms with Crippen LogP contribution in [0.5, 0.6) is 0 Å². The number of guanidine groups is 1. The lowest BCUT2D eigenvalue weighted by molar-refractivity contribution is 0.584. The Bertz CT molecular complexity index is 719. The fourth-order valence-electron chi connectivity index (χ4n) is 3.29. The second kappa shape index (κ2) is 9.16. The summed E-state index contributed by atoms with van der Waals surface area (Å²) in [7, 11) is 1.84. The van der Waals surface area contributed by atoms with Crippen molar-refractivity contribution in [2.45, 2.75) is 37.9 Å². The van der Waals surface area contributed by atoms with Gasteiger partial charge in [0.2, 0.25) is 0 Å². The highest BCUT2D eigenvalue weighted by Gasteiger charge is 2.29. The van der Waals surface area contributed by atoms with Gasteiger partial charge in [0.05, 0.1) is 0 Å². The first-order valence-corrected chi connectivity index (χ1v) is 9.73. The maximum atomic E-state index is 4.35. The van der Waals surface area contributed by atoms with Gasteiger partial charge in [0.1, 0.15) is 0 Å². The molecule has 1 atom stereocenters. The molecule has 0 spiro atoms. The Morgan fingerprint density at radius 3 is 2.92 bits per heavy atom. The van der Waals surface area contributed by atoms with E-state index in [1.165, 1.54) is 40.6 Å². The summed E-state index contributed by atoms with van der Waals surface area (Å²) in [4.78, 5) is 7.72. The van der Waals surface area contributed by atoms with Gasteiger partial charge in [-0.3, -0.25) is 4.99 Å². The van der Waals surface area contributed by atoms with Gasteiger partial charge in [-0.25, -0.2) is 0 Å². The van der Waals surface area contributed by atoms with Crippen molar-refractivity contribution < 1.29 is 0 Å². The molecule has 1 aromatic carbocycles. The van der Waals surface area contributed by atoms with Crippen molar-refractivity contribution in [1.29, 1.82) is 0 Å². The number of thioether (sulfide) groups is 1. The summed E-state index contributed by atoms with van der Waals surface area (Å²) in [5, 5.41) is 8.25. The van der Waals surface area contributed by atoms with Crippen molar-refractivity contribution in [1.82, 2.24) is 15.6 Å². The number of nitrogens with one attached hydrogen (secondary N) is 3. The monoisotopic (exact) mass is 472 g/mol. The first-order chi connectivity index (χ1) is 11.6. The van der Waals surface area contributed by atoms with E-state index < -0.39 is 0 Å². The quantitative estimate of drug-likeness (QED) is 0.349. The molecule has 1 aliphatic rings. The van der Waals surface area contributed by atoms with Crippen LogP contribution in [0, 0.1) is 6.92 Å². The minimum atomic E-state index is 0. The van der Waals surface area contributed by atoms with E-state index >= 15 is 0 Å². The van der Waals surface area contributed by atoms with Crippen molar-refractivity contribution >= 4 is 52.6 Å². The van der Waals surface area contributed by atoms with E-state index in [1.807, 2.05) is 7.05 Å². The van der Waals surface area contributed by atoms with Crippen LogP contribution in [0.1, 0.15) is 30.9 Å². The van der Waals surface area contributed by atoms with Crippen molar-refractivity contribution in [3.05, 3.63) is 35.5 Å². The van der Waals surface area contributed by atoms with Crippen LogP contribution < -0.4 is 10.6 Å². The molecule has 0 aliphatic carbocycles. The van der Waals surface area contributed by atoms with Gasteiger partial charge in [0.15, 0.2) is 5.96 Å². The van der Waals surface area contributed by atoms with Crippen LogP contribution in [-0.4, -0.2) is 41.6 Å². The van der Waals surface area contributed by atoms with Crippen LogP contribution in [0.4, 0.5) is 0 Å². The zero-order valence-electron chi connectivity index (χ0n) is 15.3. The number of aryl methyl sites for hydroxylation is 1. The molecule has 3 rings (SSSR count). The van der Waals surface area contributed by atoms with E-state index in [-0.39, 0.29) is 24.0 Å². The molecule has 0 amide bonds. The van der Waals surface area contributed by atoms with Crippen molar-refractivity contribution in [3.8, 4) is 0 Å². The zero-order valence-corrected chi connectivity index (χ0v) is 18.5. The third kappa shape index (κ3) is 5.29. The number of hydrogen-bond acceptors (Lipinski definition) is 2. The fraction of sp³-hybridized carbons (Fsp3) is 0.526. The van der Waals surface area contributed by atoms with Crippen molar-refractivity contribution in [2.75, 3.05) is 25.9 Å². The third-order valence-corrected chi connectivity index (χ3v) is 6.30. The number of hydrogen-bond donors (Lipinski definition) is 3. The van der Waals surface area contributed by atoms with Gasteiger partial charge in [0, 0.05) is 42.0 Å². The molecule has 4 nitrogen and oxygen atoms in total. The molecule has 0 bridgehead atoms. The molecule has 25 heavy (non-hydrogen) atoms. The fourth-order valence-corrected chi connectivity index (χ4v) is 4.53. The predicted molar refractivity (Wildman–Crippen MR) is 122 cm³/mol. The van der Waals surface area contributed by atoms with Crippen molar-refractivity contribution in [2.24, 2.45) is 4.99 Å². The van der Waals surface area contributed by atoms with Crippen LogP contribution in [0.25, 0.3) is 10.9 Å². The van der Waals surface area contributed by atoms with E-state index in [2.05, 4.69) is 70.6 Å². The third-order valence-electron chi connectivity index (χ3n) is 4.76. The number of H-pyrrole nitrogens is 1. The standard InChI is InChI=1S/C19H28N4S.HI/c1-14-5-6-16-15(12-22-17(16)11-14)7-9-21-18(20-3)23-13-19(2)8-4-10-24-19;/h5-6,11-12,22H,4,7-10,13H2,1-3H3,(H2,20,21,23);1H. The highest BCUT2D eigenvalue weighted by Crippen LogP contribution is 2.36. The normalized spacial score (nSPS) is 20.5. The highest BCUT2D eigenvalue weighted by atomic mass is 127. The van der Waals surface area contributed by atoms with E-state index in [9.17, 15) is 0 Å². The van der Waals surface area contributed by atoms with Crippen LogP contribution in [0.15, 0.2) is 29.4 Å². The molecule has 1 fully saturated rings. The second-order valence-corrected chi connectivity index (χ2v) is 8.55. The number of halogens is 1. The van der Waals surface area contributed by atoms with Crippen molar-refractivity contribution in [3.63, 3.8) is 0 Å². The molecule has 1 unspecified atom stereocenters. The topological polar surface area (TPSA) is 52.2 Å². The highest BCUT2D eigenvalue weighted by molar-refractivity contribution is 14.0. The number of aromatic amines is 1. The number of fused-ring (bicyclic) bond motifs is 1. The minimum Gasteiger partial charge on any atom is -0.361 e. The summed E-state index contributed by atoms with van der Waals surface area (Å²) in [5.41, 5.74) is 3.86. The molecule has 0 saturated carbocycles. The Kier molecular flexibility index (Phi) is 7.49. The molecule has 2 aromatic rings. The van der Waals surface area contributed by atoms with Gasteiger partial charge < -0.3 is 15.6 Å². The largest absolute Gasteiger partial charge is 0.361 e. The average Bonchev–Trinajstić information content (AvgIpc) is 3.17. The van der Waals surface area contributed by atoms with Gasteiger partial charge >= 0.3 is 0 Å². The molecule has 3 N–H and O–H groups in total. The van der Waals surface area contributed by atoms with Gasteiger partial charge in [-0.05, 0) is 56.1 Å². The van der Waals surface area contributed by atoms with E-state index in [1.54, 1.807) is 0 Å². The Labute approximate surface area is 172 Å². The number of benzene rings is 1. The van der Waals surface area contributed by atoms with Gasteiger partial charge in [-0.1, -0.05) is 12.1 Å². The summed E-state index contributed by atoms with van der Waals surface area (Å²) in [6.45, 7) is 6.33. The van der Waals surface area contributed by atoms with Gasteiger partial charge in [-0.15, -0.1) is 24.0 Å². The number of aromatic nitrogens is 1. The number of nitrogens with zero attached hydrogens (tertiary/aromatic N) is 1. The first kappa shape index (κ1) is 20.4. The molecule has 138 valence electrons. The Morgan fingerprint density at radius 2 is 2.20 bits per heavy atom. The molecule has 1 aromatic heterocycles. The van der Waals surface area contributed by atoms with Crippen LogP contribution in [0.3, 0.4) is 0 Å². The molecule has 2 heterocycles. The molecule has 6 heteroatoms. The summed E-state index contributed by atoms with van der Waals surface area (Å²) in [6, 6.07) is 6.59. The second-order valence-electron chi connectivity index (χ2n) is 6.87. The van der Waals surface area contributed by atoms with Gasteiger partial charge in [-0.2, -0.15) is 11.8 Å². The molecule has 0 radical (unpaired) electrons. The zero-order chi connectivity index (χ0) is 17.0. The maximum absolute atomic E-state index is 4.35. The van der Waals surface area contributed by atoms with Gasteiger partial charge in [0.25, 0.3) is 0 Å². The summed E-state index contributed by atoms with van der Waals surface area (Å²) in [6.07, 6.45) is 5.72. The summed E-state index contributed by atoms with van der Waals surface area (Å²) < 4.78 is 0.353. The maximum Gasteiger partial charge on any atom is 0.191 e. The number of aliphatic imine (C=N–C) groups is 1. The summed E-state index contributed by atoms with van der Waals surface area (Å²) in [5.74, 6) is 2.18. The van der Waals surface area contributed by atoms with E-state index in [4.69, 9.17) is 0 Å². The SMILES string of the molecule is CN=C(NCCc1c[nH]c2cc(C)ccc12)NCC1(C)CCCS1.I. The smallest absolute Gasteiger partial charge is 0.191 e. The summed E-state index contributed by atoms with van der Waals surface area (Å²) >= 11 is 2.07. The lowest BCUT2D eigenvalue weighted by Gasteiger charge is -2.24. The lowest BCUT2D eigenvalue weighted by Crippen LogP contribution is -2.44. The minimum absolute atomic E-state index is 0. The molecule has 1 saturated heterocycles. The van der Waals surface area contributed by atoms with Crippen LogP contribution in [-0.2, 0) is 6.42 Å². The Morgan fingerprint density at radius 1 is 1.36 bits per heavy atom. The van der Waals surface area contributed by atoms with Crippen LogP contribution >= 0.6 is 35.7 Å². The Balaban J connectivity index is 0.00000225. The van der Waals surface area contributed by atoms with E-state index in [0.717, 1.165) is 25.5 Å². The van der Waals surface area contributed by atoms with E-state index in [0.29, 0.717) is 4.75 Å².